The maximum absolute atomic E-state index is 12.3. The summed E-state index contributed by atoms with van der Waals surface area (Å²) in [5.74, 6) is -2.43. The van der Waals surface area contributed by atoms with Crippen molar-refractivity contribution in [3.8, 4) is 0 Å². The van der Waals surface area contributed by atoms with Gasteiger partial charge in [0.15, 0.2) is 0 Å². The predicted molar refractivity (Wildman–Crippen MR) is 62.0 cm³/mol. The van der Waals surface area contributed by atoms with Crippen LogP contribution in [0, 0.1) is 0 Å². The molecule has 0 atom stereocenters. The van der Waals surface area contributed by atoms with Gasteiger partial charge in [-0.1, -0.05) is 23.9 Å². The van der Waals surface area contributed by atoms with Gasteiger partial charge in [0.1, 0.15) is 0 Å². The molecule has 1 aliphatic carbocycles. The number of rotatable bonds is 4. The Morgan fingerprint density at radius 3 is 2.71 bits per heavy atom. The molecule has 1 fully saturated rings. The first-order valence-electron chi connectivity index (χ1n) is 5.31. The van der Waals surface area contributed by atoms with Gasteiger partial charge < -0.3 is 0 Å². The molecule has 0 N–H and O–H groups in total. The summed E-state index contributed by atoms with van der Waals surface area (Å²) in [7, 11) is 0. The Bertz CT molecular complexity index is 454. The predicted octanol–water partition coefficient (Wildman–Crippen LogP) is 3.72. The van der Waals surface area contributed by atoms with E-state index in [1.807, 2.05) is 6.07 Å². The molecule has 0 unspecified atom stereocenters. The molecule has 0 aliphatic heterocycles. The van der Waals surface area contributed by atoms with E-state index in [2.05, 4.69) is 4.99 Å². The number of hydrogen-bond donors (Lipinski definition) is 0. The first-order valence-corrected chi connectivity index (χ1v) is 6.19. The third-order valence-electron chi connectivity index (χ3n) is 3.04. The molecule has 17 heavy (non-hydrogen) atoms. The van der Waals surface area contributed by atoms with Crippen LogP contribution in [0.3, 0.4) is 0 Å². The first-order chi connectivity index (χ1) is 8.16. The summed E-state index contributed by atoms with van der Waals surface area (Å²) in [6, 6.07) is 6.88. The molecular weight excluding hydrogens is 244 g/mol. The van der Waals surface area contributed by atoms with Crippen LogP contribution in [-0.4, -0.2) is 11.8 Å². The minimum atomic E-state index is -2.43. The number of halogens is 2. The standard InChI is InChI=1S/C12H11F2NOS/c13-11(14)17-10-4-1-3-9(7-10)12(15-8-16)5-2-6-12/h1,3-4,7,11H,2,5-6H2. The van der Waals surface area contributed by atoms with E-state index < -0.39 is 11.3 Å². The van der Waals surface area contributed by atoms with E-state index >= 15 is 0 Å². The molecule has 1 aromatic carbocycles. The molecule has 0 heterocycles. The lowest BCUT2D eigenvalue weighted by atomic mass is 9.72. The highest BCUT2D eigenvalue weighted by molar-refractivity contribution is 7.99. The van der Waals surface area contributed by atoms with Crippen LogP contribution in [-0.2, 0) is 10.3 Å². The van der Waals surface area contributed by atoms with Gasteiger partial charge in [-0.2, -0.15) is 13.8 Å². The van der Waals surface area contributed by atoms with Crippen molar-refractivity contribution in [3.05, 3.63) is 29.8 Å². The van der Waals surface area contributed by atoms with Crippen LogP contribution < -0.4 is 0 Å². The number of aliphatic imine (C=N–C) groups is 1. The van der Waals surface area contributed by atoms with Gasteiger partial charge in [0.2, 0.25) is 6.08 Å². The molecule has 1 aromatic rings. The summed E-state index contributed by atoms with van der Waals surface area (Å²) in [6.07, 6.45) is 4.15. The van der Waals surface area contributed by atoms with Crippen molar-refractivity contribution < 1.29 is 13.6 Å². The summed E-state index contributed by atoms with van der Waals surface area (Å²) in [5, 5.41) is 0. The van der Waals surface area contributed by atoms with Crippen molar-refractivity contribution in [1.82, 2.24) is 0 Å². The number of carbonyl (C=O) groups excluding carboxylic acids is 1. The van der Waals surface area contributed by atoms with E-state index in [0.717, 1.165) is 24.8 Å². The Balaban J connectivity index is 2.29. The van der Waals surface area contributed by atoms with Gasteiger partial charge in [0.25, 0.3) is 5.76 Å². The van der Waals surface area contributed by atoms with E-state index in [1.54, 1.807) is 24.3 Å². The van der Waals surface area contributed by atoms with Gasteiger partial charge in [-0.25, -0.2) is 4.79 Å². The average molecular weight is 255 g/mol. The normalized spacial score (nSPS) is 17.4. The number of nitrogens with zero attached hydrogens (tertiary/aromatic N) is 1. The second-order valence-electron chi connectivity index (χ2n) is 3.99. The lowest BCUT2D eigenvalue weighted by Crippen LogP contribution is -2.31. The summed E-state index contributed by atoms with van der Waals surface area (Å²) >= 11 is 0.508. The van der Waals surface area contributed by atoms with Gasteiger partial charge >= 0.3 is 0 Å². The second kappa shape index (κ2) is 4.98. The molecule has 0 amide bonds. The Hall–Kier alpha value is -1.19. The van der Waals surface area contributed by atoms with Crippen LogP contribution in [0.15, 0.2) is 34.2 Å². The lowest BCUT2D eigenvalue weighted by molar-refractivity contribution is 0.251. The first kappa shape index (κ1) is 12.3. The van der Waals surface area contributed by atoms with E-state index in [9.17, 15) is 13.6 Å². The van der Waals surface area contributed by atoms with Gasteiger partial charge in [-0.15, -0.1) is 0 Å². The minimum Gasteiger partial charge on any atom is -0.211 e. The van der Waals surface area contributed by atoms with Crippen LogP contribution in [0.5, 0.6) is 0 Å². The zero-order valence-electron chi connectivity index (χ0n) is 9.03. The SMILES string of the molecule is O=C=NC1(c2cccc(SC(F)F)c2)CCC1. The molecule has 2 rings (SSSR count). The number of alkyl halides is 2. The van der Waals surface area contributed by atoms with Crippen molar-refractivity contribution in [2.24, 2.45) is 4.99 Å². The van der Waals surface area contributed by atoms with E-state index in [4.69, 9.17) is 0 Å². The highest BCUT2D eigenvalue weighted by Crippen LogP contribution is 2.45. The van der Waals surface area contributed by atoms with Gasteiger partial charge in [0.05, 0.1) is 5.54 Å². The largest absolute Gasteiger partial charge is 0.288 e. The molecular formula is C12H11F2NOS. The highest BCUT2D eigenvalue weighted by atomic mass is 32.2. The number of thioether (sulfide) groups is 1. The van der Waals surface area contributed by atoms with Crippen molar-refractivity contribution >= 4 is 17.8 Å². The molecule has 0 aromatic heterocycles. The van der Waals surface area contributed by atoms with Gasteiger partial charge in [-0.3, -0.25) is 0 Å². The number of benzene rings is 1. The zero-order valence-corrected chi connectivity index (χ0v) is 9.84. The van der Waals surface area contributed by atoms with Crippen LogP contribution in [0.2, 0.25) is 0 Å². The van der Waals surface area contributed by atoms with Crippen LogP contribution in [0.4, 0.5) is 8.78 Å². The fourth-order valence-corrected chi connectivity index (χ4v) is 2.58. The highest BCUT2D eigenvalue weighted by Gasteiger charge is 2.38. The van der Waals surface area contributed by atoms with Crippen LogP contribution >= 0.6 is 11.8 Å². The molecule has 0 spiro atoms. The summed E-state index contributed by atoms with van der Waals surface area (Å²) < 4.78 is 24.5. The third kappa shape index (κ3) is 2.56. The molecule has 2 nitrogen and oxygen atoms in total. The molecule has 5 heteroatoms. The minimum absolute atomic E-state index is 0.505. The molecule has 1 aliphatic rings. The molecule has 0 bridgehead atoms. The molecule has 1 saturated carbocycles. The topological polar surface area (TPSA) is 29.4 Å². The van der Waals surface area contributed by atoms with Gasteiger partial charge in [0, 0.05) is 4.90 Å². The van der Waals surface area contributed by atoms with E-state index in [-0.39, 0.29) is 0 Å². The van der Waals surface area contributed by atoms with Crippen LogP contribution in [0.25, 0.3) is 0 Å². The molecule has 90 valence electrons. The fourth-order valence-electron chi connectivity index (χ4n) is 2.03. The molecule has 0 radical (unpaired) electrons. The number of hydrogen-bond acceptors (Lipinski definition) is 3. The van der Waals surface area contributed by atoms with E-state index in [0.29, 0.717) is 16.7 Å². The summed E-state index contributed by atoms with van der Waals surface area (Å²) in [6.45, 7) is 0. The smallest absolute Gasteiger partial charge is 0.211 e. The Labute approximate surface area is 102 Å². The average Bonchev–Trinajstić information content (AvgIpc) is 2.23. The zero-order chi connectivity index (χ0) is 12.3. The van der Waals surface area contributed by atoms with Gasteiger partial charge in [-0.05, 0) is 37.0 Å². The van der Waals surface area contributed by atoms with Crippen molar-refractivity contribution in [2.45, 2.75) is 35.5 Å². The maximum atomic E-state index is 12.3. The van der Waals surface area contributed by atoms with Crippen molar-refractivity contribution in [3.63, 3.8) is 0 Å². The lowest BCUT2D eigenvalue weighted by Gasteiger charge is -2.37. The van der Waals surface area contributed by atoms with E-state index in [1.165, 1.54) is 0 Å². The maximum Gasteiger partial charge on any atom is 0.288 e. The number of isocyanates is 1. The summed E-state index contributed by atoms with van der Waals surface area (Å²) in [5.41, 5.74) is 0.318. The quantitative estimate of drug-likeness (QED) is 0.466. The molecule has 0 saturated heterocycles. The van der Waals surface area contributed by atoms with Crippen molar-refractivity contribution in [1.29, 1.82) is 0 Å². The fraction of sp³-hybridized carbons (Fsp3) is 0.417. The third-order valence-corrected chi connectivity index (χ3v) is 3.74. The Morgan fingerprint density at radius 1 is 1.41 bits per heavy atom. The van der Waals surface area contributed by atoms with Crippen molar-refractivity contribution in [2.75, 3.05) is 0 Å². The monoisotopic (exact) mass is 255 g/mol. The Morgan fingerprint density at radius 2 is 2.18 bits per heavy atom. The summed E-state index contributed by atoms with van der Waals surface area (Å²) in [4.78, 5) is 14.8. The second-order valence-corrected chi connectivity index (χ2v) is 5.06. The van der Waals surface area contributed by atoms with Crippen LogP contribution in [0.1, 0.15) is 24.8 Å². The Kier molecular flexibility index (Phi) is 3.60.